The van der Waals surface area contributed by atoms with Gasteiger partial charge in [0.05, 0.1) is 19.3 Å². The lowest BCUT2D eigenvalue weighted by atomic mass is 10.1. The van der Waals surface area contributed by atoms with Crippen molar-refractivity contribution in [2.75, 3.05) is 31.6 Å². The number of morpholine rings is 1. The van der Waals surface area contributed by atoms with Gasteiger partial charge < -0.3 is 15.4 Å². The smallest absolute Gasteiger partial charge is 0.171 e. The highest BCUT2D eigenvalue weighted by Crippen LogP contribution is 2.29. The molecule has 2 atom stereocenters. The second-order valence-electron chi connectivity index (χ2n) is 5.86. The molecule has 2 aromatic rings. The summed E-state index contributed by atoms with van der Waals surface area (Å²) in [5.41, 5.74) is 1.00. The van der Waals surface area contributed by atoms with Crippen molar-refractivity contribution in [3.05, 3.63) is 52.7 Å². The van der Waals surface area contributed by atoms with Gasteiger partial charge in [0.2, 0.25) is 0 Å². The quantitative estimate of drug-likeness (QED) is 0.797. The summed E-state index contributed by atoms with van der Waals surface area (Å²) < 4.78 is 5.51. The zero-order valence-corrected chi connectivity index (χ0v) is 15.4. The molecule has 1 aromatic carbocycles. The first-order chi connectivity index (χ1) is 11.7. The molecule has 0 amide bonds. The monoisotopic (exact) mass is 361 g/mol. The van der Waals surface area contributed by atoms with Gasteiger partial charge in [0.25, 0.3) is 0 Å². The molecule has 1 aromatic heterocycles. The Morgan fingerprint density at radius 1 is 1.17 bits per heavy atom. The van der Waals surface area contributed by atoms with Crippen LogP contribution in [0.3, 0.4) is 0 Å². The average Bonchev–Trinajstić information content (AvgIpc) is 3.11. The Kier molecular flexibility index (Phi) is 6.20. The summed E-state index contributed by atoms with van der Waals surface area (Å²) in [6.07, 6.45) is 0. The number of rotatable bonds is 5. The molecule has 0 radical (unpaired) electrons. The molecular formula is C18H23N3OS2. The molecule has 24 heavy (non-hydrogen) atoms. The van der Waals surface area contributed by atoms with E-state index in [2.05, 4.69) is 40.0 Å². The molecule has 1 fully saturated rings. The number of thiophene rings is 1. The van der Waals surface area contributed by atoms with Crippen LogP contribution in [0.2, 0.25) is 0 Å². The van der Waals surface area contributed by atoms with Crippen molar-refractivity contribution in [3.8, 4) is 0 Å². The van der Waals surface area contributed by atoms with Gasteiger partial charge in [-0.05, 0) is 42.7 Å². The minimum absolute atomic E-state index is 0.200. The third-order valence-corrected chi connectivity index (χ3v) is 5.30. The molecule has 128 valence electrons. The van der Waals surface area contributed by atoms with Gasteiger partial charge in [0, 0.05) is 29.7 Å². The molecule has 0 spiro atoms. The highest BCUT2D eigenvalue weighted by atomic mass is 32.1. The Labute approximate surface area is 152 Å². The van der Waals surface area contributed by atoms with Crippen molar-refractivity contribution in [1.82, 2.24) is 10.2 Å². The van der Waals surface area contributed by atoms with Crippen LogP contribution in [0.1, 0.15) is 17.8 Å². The molecule has 1 aliphatic heterocycles. The molecule has 0 bridgehead atoms. The molecule has 3 rings (SSSR count). The molecular weight excluding hydrogens is 338 g/mol. The summed E-state index contributed by atoms with van der Waals surface area (Å²) >= 11 is 7.30. The number of hydrogen-bond acceptors (Lipinski definition) is 4. The van der Waals surface area contributed by atoms with Crippen LogP contribution >= 0.6 is 23.6 Å². The van der Waals surface area contributed by atoms with Crippen molar-refractivity contribution in [1.29, 1.82) is 0 Å². The topological polar surface area (TPSA) is 36.5 Å². The second-order valence-corrected chi connectivity index (χ2v) is 7.25. The summed E-state index contributed by atoms with van der Waals surface area (Å²) in [5.74, 6) is 0. The summed E-state index contributed by atoms with van der Waals surface area (Å²) in [6, 6.07) is 14.8. The first-order valence-electron chi connectivity index (χ1n) is 8.22. The van der Waals surface area contributed by atoms with E-state index in [1.54, 1.807) is 11.3 Å². The third kappa shape index (κ3) is 4.54. The van der Waals surface area contributed by atoms with Gasteiger partial charge >= 0.3 is 0 Å². The zero-order valence-electron chi connectivity index (χ0n) is 13.8. The predicted molar refractivity (Wildman–Crippen MR) is 105 cm³/mol. The number of thiocarbonyl (C=S) groups is 1. The minimum atomic E-state index is 0.200. The standard InChI is InChI=1S/C18H23N3OS2/c1-14(19-18(23)20-15-6-3-2-4-7-15)17(16-8-5-13-24-16)21-9-11-22-12-10-21/h2-8,13-14,17H,9-12H2,1H3,(H2,19,20,23)/t14-,17+/m0/s1. The van der Waals surface area contributed by atoms with E-state index in [1.807, 2.05) is 30.3 Å². The van der Waals surface area contributed by atoms with Crippen LogP contribution in [0.5, 0.6) is 0 Å². The van der Waals surface area contributed by atoms with Crippen molar-refractivity contribution in [3.63, 3.8) is 0 Å². The maximum Gasteiger partial charge on any atom is 0.171 e. The molecule has 2 N–H and O–H groups in total. The van der Waals surface area contributed by atoms with E-state index in [-0.39, 0.29) is 6.04 Å². The van der Waals surface area contributed by atoms with E-state index in [9.17, 15) is 0 Å². The summed E-state index contributed by atoms with van der Waals surface area (Å²) in [4.78, 5) is 3.84. The van der Waals surface area contributed by atoms with Crippen LogP contribution in [0.25, 0.3) is 0 Å². The van der Waals surface area contributed by atoms with Gasteiger partial charge in [0.15, 0.2) is 5.11 Å². The van der Waals surface area contributed by atoms with Crippen molar-refractivity contribution < 1.29 is 4.74 Å². The number of benzene rings is 1. The molecule has 0 saturated carbocycles. The lowest BCUT2D eigenvalue weighted by Crippen LogP contribution is -2.49. The summed E-state index contributed by atoms with van der Waals surface area (Å²) in [7, 11) is 0. The maximum atomic E-state index is 5.51. The maximum absolute atomic E-state index is 5.51. The largest absolute Gasteiger partial charge is 0.379 e. The van der Waals surface area contributed by atoms with Crippen LogP contribution in [0.4, 0.5) is 5.69 Å². The van der Waals surface area contributed by atoms with Gasteiger partial charge in [-0.15, -0.1) is 11.3 Å². The Hall–Kier alpha value is -1.47. The van der Waals surface area contributed by atoms with E-state index in [1.165, 1.54) is 4.88 Å². The number of para-hydroxylation sites is 1. The fourth-order valence-electron chi connectivity index (χ4n) is 3.03. The summed E-state index contributed by atoms with van der Waals surface area (Å²) in [5, 5.41) is 9.51. The molecule has 1 saturated heterocycles. The molecule has 6 heteroatoms. The molecule has 4 nitrogen and oxygen atoms in total. The molecule has 1 aliphatic rings. The first-order valence-corrected chi connectivity index (χ1v) is 9.50. The third-order valence-electron chi connectivity index (χ3n) is 4.14. The normalized spacial score (nSPS) is 17.9. The van der Waals surface area contributed by atoms with Gasteiger partial charge in [0.1, 0.15) is 0 Å². The molecule has 0 unspecified atom stereocenters. The molecule has 0 aliphatic carbocycles. The first kappa shape index (κ1) is 17.4. The lowest BCUT2D eigenvalue weighted by Gasteiger charge is -2.38. The number of anilines is 1. The van der Waals surface area contributed by atoms with Crippen LogP contribution in [-0.2, 0) is 4.74 Å². The Balaban J connectivity index is 1.66. The van der Waals surface area contributed by atoms with E-state index in [0.717, 1.165) is 32.0 Å². The fourth-order valence-corrected chi connectivity index (χ4v) is 4.30. The Morgan fingerprint density at radius 2 is 1.92 bits per heavy atom. The van der Waals surface area contributed by atoms with Gasteiger partial charge in [-0.3, -0.25) is 4.90 Å². The van der Waals surface area contributed by atoms with E-state index < -0.39 is 0 Å². The fraction of sp³-hybridized carbons (Fsp3) is 0.389. The van der Waals surface area contributed by atoms with Gasteiger partial charge in [-0.2, -0.15) is 0 Å². The SMILES string of the molecule is C[C@H](NC(=S)Nc1ccccc1)[C@H](c1cccs1)N1CCOCC1. The highest BCUT2D eigenvalue weighted by molar-refractivity contribution is 7.80. The number of nitrogens with one attached hydrogen (secondary N) is 2. The molecule has 2 heterocycles. The van der Waals surface area contributed by atoms with Gasteiger partial charge in [-0.1, -0.05) is 24.3 Å². The van der Waals surface area contributed by atoms with E-state index in [4.69, 9.17) is 17.0 Å². The second kappa shape index (κ2) is 8.58. The van der Waals surface area contributed by atoms with Crippen molar-refractivity contribution >= 4 is 34.4 Å². The number of nitrogens with zero attached hydrogens (tertiary/aromatic N) is 1. The van der Waals surface area contributed by atoms with Crippen LogP contribution in [0, 0.1) is 0 Å². The Bertz CT molecular complexity index is 627. The van der Waals surface area contributed by atoms with Gasteiger partial charge in [-0.25, -0.2) is 0 Å². The van der Waals surface area contributed by atoms with Crippen LogP contribution in [0.15, 0.2) is 47.8 Å². The van der Waals surface area contributed by atoms with Crippen LogP contribution < -0.4 is 10.6 Å². The van der Waals surface area contributed by atoms with E-state index >= 15 is 0 Å². The van der Waals surface area contributed by atoms with Crippen molar-refractivity contribution in [2.45, 2.75) is 19.0 Å². The zero-order chi connectivity index (χ0) is 16.8. The highest BCUT2D eigenvalue weighted by Gasteiger charge is 2.28. The predicted octanol–water partition coefficient (Wildman–Crippen LogP) is 3.50. The summed E-state index contributed by atoms with van der Waals surface area (Å²) in [6.45, 7) is 5.68. The minimum Gasteiger partial charge on any atom is -0.379 e. The van der Waals surface area contributed by atoms with E-state index in [0.29, 0.717) is 11.2 Å². The number of ether oxygens (including phenoxy) is 1. The van der Waals surface area contributed by atoms with Crippen molar-refractivity contribution in [2.24, 2.45) is 0 Å². The Morgan fingerprint density at radius 3 is 2.58 bits per heavy atom. The van der Waals surface area contributed by atoms with Crippen LogP contribution in [-0.4, -0.2) is 42.4 Å². The average molecular weight is 362 g/mol. The lowest BCUT2D eigenvalue weighted by molar-refractivity contribution is 0.0110. The number of hydrogen-bond donors (Lipinski definition) is 2.